The number of hydrogen-bond donors (Lipinski definition) is 3. The van der Waals surface area contributed by atoms with Crippen LogP contribution in [0.15, 0.2) is 41.7 Å². The van der Waals surface area contributed by atoms with Gasteiger partial charge in [0.15, 0.2) is 14.9 Å². The van der Waals surface area contributed by atoms with Crippen LogP contribution in [-0.4, -0.2) is 48.8 Å². The first kappa shape index (κ1) is 27.1. The fourth-order valence-corrected chi connectivity index (χ4v) is 3.98. The second-order valence-corrected chi connectivity index (χ2v) is 11.5. The van der Waals surface area contributed by atoms with E-state index in [-0.39, 0.29) is 34.8 Å². The van der Waals surface area contributed by atoms with Crippen LogP contribution in [0, 0.1) is 6.92 Å². The molecule has 3 aromatic heterocycles. The highest BCUT2D eigenvalue weighted by Crippen LogP contribution is 2.34. The summed E-state index contributed by atoms with van der Waals surface area (Å²) >= 11 is 0. The predicted molar refractivity (Wildman–Crippen MR) is 127 cm³/mol. The van der Waals surface area contributed by atoms with Crippen LogP contribution in [0.25, 0.3) is 0 Å². The number of sulfonamides is 1. The van der Waals surface area contributed by atoms with Gasteiger partial charge in [-0.25, -0.2) is 31.8 Å². The SMILES string of the molecule is CCS(=O)(=O)Nc1nc(C)ccc1CNc1nc(Nc2ccc(S(C)(=O)=O)nc2)ncc1C(F)(F)F. The molecule has 0 unspecified atom stereocenters. The van der Waals surface area contributed by atoms with E-state index in [1.807, 2.05) is 0 Å². The van der Waals surface area contributed by atoms with Gasteiger partial charge in [0, 0.05) is 30.3 Å². The van der Waals surface area contributed by atoms with Crippen LogP contribution in [0.2, 0.25) is 0 Å². The topological polar surface area (TPSA) is 156 Å². The van der Waals surface area contributed by atoms with Crippen LogP contribution in [0.5, 0.6) is 0 Å². The van der Waals surface area contributed by atoms with E-state index in [1.54, 1.807) is 13.0 Å². The monoisotopic (exact) mass is 545 g/mol. The highest BCUT2D eigenvalue weighted by atomic mass is 32.2. The number of aryl methyl sites for hydroxylation is 1. The fraction of sp³-hybridized carbons (Fsp3) is 0.300. The summed E-state index contributed by atoms with van der Waals surface area (Å²) in [5, 5.41) is 5.06. The van der Waals surface area contributed by atoms with Crippen molar-refractivity contribution in [2.45, 2.75) is 31.6 Å². The van der Waals surface area contributed by atoms with E-state index in [4.69, 9.17) is 0 Å². The normalized spacial score (nSPS) is 12.3. The van der Waals surface area contributed by atoms with Crippen LogP contribution in [0.3, 0.4) is 0 Å². The molecule has 0 aromatic carbocycles. The van der Waals surface area contributed by atoms with Gasteiger partial charge in [-0.15, -0.1) is 0 Å². The first-order valence-corrected chi connectivity index (χ1v) is 13.8. The Bertz CT molecular complexity index is 1460. The number of nitrogens with zero attached hydrogens (tertiary/aromatic N) is 4. The molecule has 0 fully saturated rings. The highest BCUT2D eigenvalue weighted by molar-refractivity contribution is 7.92. The molecule has 0 atom stereocenters. The van der Waals surface area contributed by atoms with Crippen molar-refractivity contribution in [3.8, 4) is 0 Å². The van der Waals surface area contributed by atoms with Crippen LogP contribution in [-0.2, 0) is 32.6 Å². The molecule has 0 saturated heterocycles. The lowest BCUT2D eigenvalue weighted by Crippen LogP contribution is -2.19. The molecule has 36 heavy (non-hydrogen) atoms. The van der Waals surface area contributed by atoms with E-state index in [0.29, 0.717) is 17.5 Å². The second-order valence-electron chi connectivity index (χ2n) is 7.56. The van der Waals surface area contributed by atoms with Gasteiger partial charge in [0.25, 0.3) is 0 Å². The van der Waals surface area contributed by atoms with Gasteiger partial charge in [-0.3, -0.25) is 4.72 Å². The summed E-state index contributed by atoms with van der Waals surface area (Å²) in [5.41, 5.74) is -0.103. The number of nitrogens with one attached hydrogen (secondary N) is 3. The molecule has 3 N–H and O–H groups in total. The van der Waals surface area contributed by atoms with Crippen molar-refractivity contribution < 1.29 is 30.0 Å². The first-order valence-electron chi connectivity index (χ1n) is 10.3. The smallest absolute Gasteiger partial charge is 0.365 e. The molecule has 0 aliphatic carbocycles. The van der Waals surface area contributed by atoms with Crippen molar-refractivity contribution in [1.82, 2.24) is 19.9 Å². The van der Waals surface area contributed by atoms with E-state index in [9.17, 15) is 30.0 Å². The Morgan fingerprint density at radius 3 is 2.25 bits per heavy atom. The zero-order valence-corrected chi connectivity index (χ0v) is 20.9. The maximum atomic E-state index is 13.6. The average Bonchev–Trinajstić information content (AvgIpc) is 2.77. The molecule has 0 saturated carbocycles. The van der Waals surface area contributed by atoms with Gasteiger partial charge in [-0.1, -0.05) is 6.07 Å². The number of aromatic nitrogens is 4. The summed E-state index contributed by atoms with van der Waals surface area (Å²) in [6, 6.07) is 5.71. The number of rotatable bonds is 9. The molecule has 3 rings (SSSR count). The summed E-state index contributed by atoms with van der Waals surface area (Å²) in [5.74, 6) is -1.00. The quantitative estimate of drug-likeness (QED) is 0.365. The van der Waals surface area contributed by atoms with Gasteiger partial charge in [0.05, 0.1) is 17.6 Å². The summed E-state index contributed by atoms with van der Waals surface area (Å²) in [7, 11) is -7.21. The standard InChI is InChI=1S/C20H22F3N7O4S2/c1-4-36(33,34)30-17-13(6-5-12(2)27-17)9-25-18-15(20(21,22)23)11-26-19(29-18)28-14-7-8-16(24-10-14)35(3,31)32/h5-8,10-11H,4,9H2,1-3H3,(H,27,30)(H2,25,26,28,29). The van der Waals surface area contributed by atoms with Crippen molar-refractivity contribution in [2.75, 3.05) is 27.4 Å². The molecule has 11 nitrogen and oxygen atoms in total. The van der Waals surface area contributed by atoms with Gasteiger partial charge in [-0.05, 0) is 32.0 Å². The number of sulfone groups is 1. The Hall–Kier alpha value is -3.53. The molecule has 3 heterocycles. The Balaban J connectivity index is 1.89. The Morgan fingerprint density at radius 2 is 1.67 bits per heavy atom. The first-order chi connectivity index (χ1) is 16.7. The number of pyridine rings is 2. The Morgan fingerprint density at radius 1 is 0.944 bits per heavy atom. The number of anilines is 4. The summed E-state index contributed by atoms with van der Waals surface area (Å²) < 4.78 is 90.1. The number of alkyl halides is 3. The zero-order chi connectivity index (χ0) is 26.7. The molecule has 0 spiro atoms. The molecule has 0 aliphatic heterocycles. The fourth-order valence-electron chi connectivity index (χ4n) is 2.80. The molecule has 194 valence electrons. The Labute approximate surface area is 205 Å². The van der Waals surface area contributed by atoms with Crippen molar-refractivity contribution >= 4 is 43.1 Å². The van der Waals surface area contributed by atoms with Crippen molar-refractivity contribution in [1.29, 1.82) is 0 Å². The third-order valence-corrected chi connectivity index (χ3v) is 6.93. The molecule has 16 heteroatoms. The Kier molecular flexibility index (Phi) is 7.68. The van der Waals surface area contributed by atoms with E-state index in [2.05, 4.69) is 35.3 Å². The van der Waals surface area contributed by atoms with E-state index in [1.165, 1.54) is 31.3 Å². The minimum absolute atomic E-state index is 0.0117. The molecular formula is C20H22F3N7O4S2. The minimum atomic E-state index is -4.78. The van der Waals surface area contributed by atoms with Crippen LogP contribution in [0.1, 0.15) is 23.7 Å². The van der Waals surface area contributed by atoms with E-state index in [0.717, 1.165) is 6.26 Å². The maximum Gasteiger partial charge on any atom is 0.421 e. The van der Waals surface area contributed by atoms with E-state index < -0.39 is 37.4 Å². The molecule has 0 amide bonds. The summed E-state index contributed by atoms with van der Waals surface area (Å²) in [6.07, 6.45) is -2.03. The molecular weight excluding hydrogens is 523 g/mol. The van der Waals surface area contributed by atoms with Crippen molar-refractivity contribution in [3.63, 3.8) is 0 Å². The minimum Gasteiger partial charge on any atom is -0.365 e. The van der Waals surface area contributed by atoms with Gasteiger partial charge in [-0.2, -0.15) is 18.2 Å². The van der Waals surface area contributed by atoms with Crippen LogP contribution < -0.4 is 15.4 Å². The third kappa shape index (κ3) is 7.00. The molecule has 0 aliphatic rings. The maximum absolute atomic E-state index is 13.6. The number of halogens is 3. The van der Waals surface area contributed by atoms with E-state index >= 15 is 0 Å². The van der Waals surface area contributed by atoms with Crippen LogP contribution >= 0.6 is 0 Å². The molecule has 0 radical (unpaired) electrons. The van der Waals surface area contributed by atoms with Gasteiger partial charge in [0.1, 0.15) is 17.2 Å². The predicted octanol–water partition coefficient (Wildman–Crippen LogP) is 3.11. The second kappa shape index (κ2) is 10.2. The van der Waals surface area contributed by atoms with Crippen molar-refractivity contribution in [2.24, 2.45) is 0 Å². The van der Waals surface area contributed by atoms with Gasteiger partial charge in [0.2, 0.25) is 16.0 Å². The average molecular weight is 546 g/mol. The largest absolute Gasteiger partial charge is 0.421 e. The zero-order valence-electron chi connectivity index (χ0n) is 19.3. The summed E-state index contributed by atoms with van der Waals surface area (Å²) in [4.78, 5) is 15.5. The lowest BCUT2D eigenvalue weighted by atomic mass is 10.2. The summed E-state index contributed by atoms with van der Waals surface area (Å²) in [6.45, 7) is 2.84. The van der Waals surface area contributed by atoms with Gasteiger partial charge < -0.3 is 10.6 Å². The van der Waals surface area contributed by atoms with Crippen molar-refractivity contribution in [3.05, 3.63) is 53.5 Å². The third-order valence-electron chi connectivity index (χ3n) is 4.66. The van der Waals surface area contributed by atoms with Gasteiger partial charge >= 0.3 is 6.18 Å². The molecule has 0 bridgehead atoms. The lowest BCUT2D eigenvalue weighted by molar-refractivity contribution is -0.137. The highest BCUT2D eigenvalue weighted by Gasteiger charge is 2.35. The lowest BCUT2D eigenvalue weighted by Gasteiger charge is -2.16. The van der Waals surface area contributed by atoms with Crippen LogP contribution in [0.4, 0.5) is 36.4 Å². The number of hydrogen-bond acceptors (Lipinski definition) is 10. The molecule has 3 aromatic rings.